The molecule has 7 heteroatoms. The summed E-state index contributed by atoms with van der Waals surface area (Å²) in [7, 11) is 0. The number of nitrogens with zero attached hydrogens (tertiary/aromatic N) is 2. The van der Waals surface area contributed by atoms with Gasteiger partial charge in [0.15, 0.2) is 0 Å². The minimum Gasteiger partial charge on any atom is -0.507 e. The third-order valence-electron chi connectivity index (χ3n) is 4.29. The van der Waals surface area contributed by atoms with Crippen LogP contribution in [0.5, 0.6) is 5.75 Å². The van der Waals surface area contributed by atoms with E-state index in [4.69, 9.17) is 4.74 Å². The van der Waals surface area contributed by atoms with Crippen molar-refractivity contribution in [2.75, 3.05) is 19.8 Å². The molecular formula is C20H20N2O5. The van der Waals surface area contributed by atoms with Gasteiger partial charge in [-0.3, -0.25) is 14.6 Å². The van der Waals surface area contributed by atoms with Crippen molar-refractivity contribution in [3.63, 3.8) is 0 Å². The Balaban J connectivity index is 2.10. The van der Waals surface area contributed by atoms with Crippen molar-refractivity contribution in [2.24, 2.45) is 0 Å². The number of ether oxygens (including phenoxy) is 1. The number of aliphatic hydroxyl groups is 2. The summed E-state index contributed by atoms with van der Waals surface area (Å²) in [6.07, 6.45) is 1.55. The number of aliphatic hydroxyl groups excluding tert-OH is 2. The minimum absolute atomic E-state index is 0.0358. The third kappa shape index (κ3) is 3.54. The monoisotopic (exact) mass is 368 g/mol. The maximum Gasteiger partial charge on any atom is 0.295 e. The molecule has 140 valence electrons. The van der Waals surface area contributed by atoms with Gasteiger partial charge in [0.1, 0.15) is 17.6 Å². The van der Waals surface area contributed by atoms with Crippen LogP contribution in [0.15, 0.2) is 54.2 Å². The van der Waals surface area contributed by atoms with Crippen molar-refractivity contribution >= 4 is 17.4 Å². The molecule has 7 nitrogen and oxygen atoms in total. The lowest BCUT2D eigenvalue weighted by atomic mass is 9.98. The first kappa shape index (κ1) is 18.6. The van der Waals surface area contributed by atoms with Crippen molar-refractivity contribution < 1.29 is 24.5 Å². The number of benzene rings is 1. The fraction of sp³-hybridized carbons (Fsp3) is 0.250. The van der Waals surface area contributed by atoms with Gasteiger partial charge in [-0.1, -0.05) is 6.07 Å². The number of hydrogen-bond donors (Lipinski definition) is 2. The maximum atomic E-state index is 12.6. The van der Waals surface area contributed by atoms with E-state index < -0.39 is 17.7 Å². The summed E-state index contributed by atoms with van der Waals surface area (Å²) < 4.78 is 5.38. The van der Waals surface area contributed by atoms with E-state index in [0.29, 0.717) is 23.6 Å². The Labute approximate surface area is 156 Å². The van der Waals surface area contributed by atoms with Crippen LogP contribution in [0.25, 0.3) is 5.76 Å². The van der Waals surface area contributed by atoms with E-state index >= 15 is 0 Å². The highest BCUT2D eigenvalue weighted by atomic mass is 16.5. The molecule has 27 heavy (non-hydrogen) atoms. The zero-order valence-electron chi connectivity index (χ0n) is 14.8. The zero-order chi connectivity index (χ0) is 19.4. The number of ketones is 1. The molecular weight excluding hydrogens is 348 g/mol. The minimum atomic E-state index is -0.857. The molecule has 1 atom stereocenters. The van der Waals surface area contributed by atoms with Gasteiger partial charge in [-0.05, 0) is 43.3 Å². The molecule has 1 amide bonds. The number of carbonyl (C=O) groups is 2. The predicted octanol–water partition coefficient (Wildman–Crippen LogP) is 1.89. The van der Waals surface area contributed by atoms with E-state index in [1.54, 1.807) is 48.7 Å². The lowest BCUT2D eigenvalue weighted by Gasteiger charge is -2.23. The number of hydrogen-bond acceptors (Lipinski definition) is 6. The summed E-state index contributed by atoms with van der Waals surface area (Å²) in [4.78, 5) is 30.5. The fourth-order valence-electron chi connectivity index (χ4n) is 3.09. The molecule has 1 aromatic carbocycles. The van der Waals surface area contributed by atoms with Crippen LogP contribution < -0.4 is 4.74 Å². The molecule has 0 saturated carbocycles. The van der Waals surface area contributed by atoms with E-state index in [9.17, 15) is 19.8 Å². The molecule has 3 rings (SSSR count). The fourth-order valence-corrected chi connectivity index (χ4v) is 3.09. The summed E-state index contributed by atoms with van der Waals surface area (Å²) in [5.74, 6) is -1.22. The Morgan fingerprint density at radius 1 is 1.19 bits per heavy atom. The number of carbonyl (C=O) groups excluding carboxylic acids is 2. The van der Waals surface area contributed by atoms with Gasteiger partial charge >= 0.3 is 0 Å². The average Bonchev–Trinajstić information content (AvgIpc) is 2.94. The van der Waals surface area contributed by atoms with E-state index in [-0.39, 0.29) is 24.5 Å². The Kier molecular flexibility index (Phi) is 5.52. The zero-order valence-corrected chi connectivity index (χ0v) is 14.8. The molecule has 2 N–H and O–H groups in total. The lowest BCUT2D eigenvalue weighted by molar-refractivity contribution is -0.140. The second kappa shape index (κ2) is 8.01. The van der Waals surface area contributed by atoms with Gasteiger partial charge in [0.25, 0.3) is 11.7 Å². The standard InChI is InChI=1S/C20H20N2O5/c1-2-27-14-8-6-13(7-9-14)18(24)16-17(15-5-3-4-10-21-15)22(11-12-23)20(26)19(16)25/h3-10,17,23-24H,2,11-12H2,1H3/b18-16-. The Morgan fingerprint density at radius 3 is 2.52 bits per heavy atom. The molecule has 0 radical (unpaired) electrons. The topological polar surface area (TPSA) is 100.0 Å². The van der Waals surface area contributed by atoms with Crippen LogP contribution in [0.4, 0.5) is 0 Å². The van der Waals surface area contributed by atoms with E-state index in [0.717, 1.165) is 0 Å². The molecule has 0 spiro atoms. The van der Waals surface area contributed by atoms with Crippen molar-refractivity contribution in [1.29, 1.82) is 0 Å². The van der Waals surface area contributed by atoms with Gasteiger partial charge in [0, 0.05) is 18.3 Å². The molecule has 2 aromatic rings. The number of β-amino-alcohol motifs (C(OH)–C–C–N with tert-alkyl or cyclic N) is 1. The molecule has 1 unspecified atom stereocenters. The van der Waals surface area contributed by atoms with E-state index in [1.165, 1.54) is 4.90 Å². The molecule has 1 aliphatic heterocycles. The summed E-state index contributed by atoms with van der Waals surface area (Å²) in [5, 5.41) is 20.1. The highest BCUT2D eigenvalue weighted by Gasteiger charge is 2.46. The molecule has 2 heterocycles. The third-order valence-corrected chi connectivity index (χ3v) is 4.29. The Bertz CT molecular complexity index is 862. The van der Waals surface area contributed by atoms with Gasteiger partial charge in [-0.15, -0.1) is 0 Å². The number of aromatic nitrogens is 1. The smallest absolute Gasteiger partial charge is 0.295 e. The van der Waals surface area contributed by atoms with Crippen molar-refractivity contribution in [1.82, 2.24) is 9.88 Å². The van der Waals surface area contributed by atoms with Crippen molar-refractivity contribution in [3.8, 4) is 5.75 Å². The summed E-state index contributed by atoms with van der Waals surface area (Å²) in [6, 6.07) is 10.9. The van der Waals surface area contributed by atoms with Crippen LogP contribution in [0.2, 0.25) is 0 Å². The quantitative estimate of drug-likeness (QED) is 0.459. The number of likely N-dealkylation sites (tertiary alicyclic amines) is 1. The molecule has 1 aliphatic rings. The molecule has 0 bridgehead atoms. The van der Waals surface area contributed by atoms with Gasteiger partial charge in [-0.2, -0.15) is 0 Å². The van der Waals surface area contributed by atoms with E-state index in [1.807, 2.05) is 6.92 Å². The van der Waals surface area contributed by atoms with Crippen LogP contribution in [0.1, 0.15) is 24.2 Å². The Hall–Kier alpha value is -3.19. The first-order chi connectivity index (χ1) is 13.1. The second-order valence-corrected chi connectivity index (χ2v) is 5.93. The first-order valence-electron chi connectivity index (χ1n) is 8.62. The number of rotatable bonds is 6. The largest absolute Gasteiger partial charge is 0.507 e. The number of Topliss-reactive ketones (excluding diaryl/α,β-unsaturated/α-hetero) is 1. The van der Waals surface area contributed by atoms with Gasteiger partial charge in [0.2, 0.25) is 0 Å². The summed E-state index contributed by atoms with van der Waals surface area (Å²) in [5.41, 5.74) is 0.787. The van der Waals surface area contributed by atoms with Gasteiger partial charge in [0.05, 0.1) is 24.5 Å². The van der Waals surface area contributed by atoms with Crippen LogP contribution in [-0.2, 0) is 9.59 Å². The van der Waals surface area contributed by atoms with Crippen molar-refractivity contribution in [2.45, 2.75) is 13.0 Å². The first-order valence-corrected chi connectivity index (χ1v) is 8.62. The van der Waals surface area contributed by atoms with Crippen LogP contribution in [0, 0.1) is 0 Å². The van der Waals surface area contributed by atoms with Crippen LogP contribution >= 0.6 is 0 Å². The molecule has 1 saturated heterocycles. The molecule has 1 aromatic heterocycles. The van der Waals surface area contributed by atoms with Crippen LogP contribution in [-0.4, -0.2) is 51.5 Å². The maximum absolute atomic E-state index is 12.6. The second-order valence-electron chi connectivity index (χ2n) is 5.93. The summed E-state index contributed by atoms with van der Waals surface area (Å²) in [6.45, 7) is 2.03. The van der Waals surface area contributed by atoms with E-state index in [2.05, 4.69) is 4.98 Å². The van der Waals surface area contributed by atoms with Crippen LogP contribution in [0.3, 0.4) is 0 Å². The van der Waals surface area contributed by atoms with Gasteiger partial charge in [-0.25, -0.2) is 0 Å². The van der Waals surface area contributed by atoms with Gasteiger partial charge < -0.3 is 19.8 Å². The number of amides is 1. The van der Waals surface area contributed by atoms with Crippen molar-refractivity contribution in [3.05, 3.63) is 65.5 Å². The highest BCUT2D eigenvalue weighted by Crippen LogP contribution is 2.38. The average molecular weight is 368 g/mol. The molecule has 1 fully saturated rings. The number of pyridine rings is 1. The lowest BCUT2D eigenvalue weighted by Crippen LogP contribution is -2.32. The SMILES string of the molecule is CCOc1ccc(/C(O)=C2/C(=O)C(=O)N(CCO)C2c2ccccn2)cc1. The summed E-state index contributed by atoms with van der Waals surface area (Å²) >= 11 is 0. The Morgan fingerprint density at radius 2 is 1.93 bits per heavy atom. The highest BCUT2D eigenvalue weighted by molar-refractivity contribution is 6.46. The molecule has 0 aliphatic carbocycles. The predicted molar refractivity (Wildman–Crippen MR) is 97.9 cm³/mol. The normalized spacial score (nSPS) is 18.7.